The lowest BCUT2D eigenvalue weighted by Crippen LogP contribution is -2.23. The van der Waals surface area contributed by atoms with E-state index in [9.17, 15) is 8.42 Å². The minimum atomic E-state index is -3.60. The number of sulfonamides is 1. The van der Waals surface area contributed by atoms with E-state index >= 15 is 0 Å². The molecule has 2 rings (SSSR count). The quantitative estimate of drug-likeness (QED) is 0.758. The maximum absolute atomic E-state index is 12.1. The van der Waals surface area contributed by atoms with E-state index in [1.807, 2.05) is 18.4 Å². The summed E-state index contributed by atoms with van der Waals surface area (Å²) in [6, 6.07) is 1.88. The summed E-state index contributed by atoms with van der Waals surface area (Å²) in [4.78, 5) is 8.97. The molecule has 0 saturated heterocycles. The molecule has 6 nitrogen and oxygen atoms in total. The first kappa shape index (κ1) is 16.3. The van der Waals surface area contributed by atoms with Gasteiger partial charge in [-0.3, -0.25) is 0 Å². The van der Waals surface area contributed by atoms with Crippen LogP contribution in [-0.4, -0.2) is 24.9 Å². The zero-order valence-corrected chi connectivity index (χ0v) is 14.6. The molecule has 21 heavy (non-hydrogen) atoms. The molecule has 2 aromatic rings. The van der Waals surface area contributed by atoms with E-state index in [1.54, 1.807) is 0 Å². The second-order valence-corrected chi connectivity index (χ2v) is 7.90. The standard InChI is InChI=1S/C12H15BrN4O2S2/c1-2-3-14-12-15-6-11(7-16-12)21(18,19)17-5-10-4-9(13)8-20-10/h4,6-8,17H,2-3,5H2,1H3,(H,14,15,16). The Kier molecular flexibility index (Phi) is 5.68. The van der Waals surface area contributed by atoms with Crippen LogP contribution < -0.4 is 10.0 Å². The van der Waals surface area contributed by atoms with Gasteiger partial charge in [0.2, 0.25) is 16.0 Å². The predicted molar refractivity (Wildman–Crippen MR) is 86.9 cm³/mol. The first-order chi connectivity index (χ1) is 10.0. The number of thiophene rings is 1. The molecule has 0 amide bonds. The van der Waals surface area contributed by atoms with E-state index in [1.165, 1.54) is 23.7 Å². The Morgan fingerprint density at radius 1 is 1.33 bits per heavy atom. The molecule has 0 aliphatic heterocycles. The lowest BCUT2D eigenvalue weighted by Gasteiger charge is -2.06. The number of rotatable bonds is 7. The summed E-state index contributed by atoms with van der Waals surface area (Å²) in [7, 11) is -3.60. The van der Waals surface area contributed by atoms with Gasteiger partial charge in [-0.25, -0.2) is 23.1 Å². The van der Waals surface area contributed by atoms with Crippen molar-refractivity contribution in [2.75, 3.05) is 11.9 Å². The van der Waals surface area contributed by atoms with Gasteiger partial charge >= 0.3 is 0 Å². The molecule has 2 N–H and O–H groups in total. The number of anilines is 1. The highest BCUT2D eigenvalue weighted by molar-refractivity contribution is 9.10. The molecule has 114 valence electrons. The summed E-state index contributed by atoms with van der Waals surface area (Å²) in [5, 5.41) is 4.90. The number of nitrogens with one attached hydrogen (secondary N) is 2. The number of hydrogen-bond donors (Lipinski definition) is 2. The van der Waals surface area contributed by atoms with E-state index in [0.717, 1.165) is 22.3 Å². The molecule has 0 fully saturated rings. The molecule has 0 aromatic carbocycles. The Morgan fingerprint density at radius 3 is 2.62 bits per heavy atom. The van der Waals surface area contributed by atoms with Crippen molar-refractivity contribution in [3.8, 4) is 0 Å². The largest absolute Gasteiger partial charge is 0.354 e. The number of hydrogen-bond acceptors (Lipinski definition) is 6. The Hall–Kier alpha value is -1.03. The third kappa shape index (κ3) is 4.73. The van der Waals surface area contributed by atoms with Crippen molar-refractivity contribution in [2.45, 2.75) is 24.8 Å². The summed E-state index contributed by atoms with van der Waals surface area (Å²) in [5.74, 6) is 0.429. The van der Waals surface area contributed by atoms with Gasteiger partial charge in [0.1, 0.15) is 4.90 Å². The van der Waals surface area contributed by atoms with E-state index < -0.39 is 10.0 Å². The first-order valence-electron chi connectivity index (χ1n) is 6.30. The molecular weight excluding hydrogens is 376 g/mol. The monoisotopic (exact) mass is 390 g/mol. The van der Waals surface area contributed by atoms with Crippen molar-refractivity contribution < 1.29 is 8.42 Å². The molecule has 0 atom stereocenters. The van der Waals surface area contributed by atoms with Crippen LogP contribution in [0.3, 0.4) is 0 Å². The van der Waals surface area contributed by atoms with Gasteiger partial charge in [0.15, 0.2) is 0 Å². The van der Waals surface area contributed by atoms with E-state index in [4.69, 9.17) is 0 Å². The molecule has 2 aromatic heterocycles. The van der Waals surface area contributed by atoms with Crippen LogP contribution in [0.2, 0.25) is 0 Å². The summed E-state index contributed by atoms with van der Waals surface area (Å²) in [5.41, 5.74) is 0. The van der Waals surface area contributed by atoms with E-state index in [-0.39, 0.29) is 11.4 Å². The van der Waals surface area contributed by atoms with Crippen molar-refractivity contribution in [1.29, 1.82) is 0 Å². The fourth-order valence-corrected chi connectivity index (χ4v) is 3.86. The topological polar surface area (TPSA) is 84.0 Å². The minimum absolute atomic E-state index is 0.0557. The van der Waals surface area contributed by atoms with Gasteiger partial charge in [-0.2, -0.15) is 0 Å². The number of aromatic nitrogens is 2. The van der Waals surface area contributed by atoms with Crippen LogP contribution in [0.25, 0.3) is 0 Å². The van der Waals surface area contributed by atoms with E-state index in [0.29, 0.717) is 5.95 Å². The fourth-order valence-electron chi connectivity index (χ4n) is 1.48. The second kappa shape index (κ2) is 7.30. The average molecular weight is 391 g/mol. The Balaban J connectivity index is 2.01. The second-order valence-electron chi connectivity index (χ2n) is 4.22. The summed E-state index contributed by atoms with van der Waals surface area (Å²) >= 11 is 4.81. The molecule has 0 aliphatic rings. The normalized spacial score (nSPS) is 11.5. The van der Waals surface area contributed by atoms with Crippen molar-refractivity contribution in [3.05, 3.63) is 33.2 Å². The summed E-state index contributed by atoms with van der Waals surface area (Å²) in [6.07, 6.45) is 3.55. The maximum Gasteiger partial charge on any atom is 0.243 e. The van der Waals surface area contributed by atoms with Gasteiger partial charge in [0, 0.05) is 27.8 Å². The van der Waals surface area contributed by atoms with Crippen LogP contribution in [0.15, 0.2) is 33.2 Å². The van der Waals surface area contributed by atoms with Gasteiger partial charge in [0.25, 0.3) is 0 Å². The zero-order chi connectivity index (χ0) is 15.3. The van der Waals surface area contributed by atoms with Gasteiger partial charge < -0.3 is 5.32 Å². The van der Waals surface area contributed by atoms with Crippen molar-refractivity contribution in [2.24, 2.45) is 0 Å². The van der Waals surface area contributed by atoms with Gasteiger partial charge in [0.05, 0.1) is 12.4 Å². The third-order valence-corrected chi connectivity index (χ3v) is 5.58. The van der Waals surface area contributed by atoms with Crippen LogP contribution in [0.1, 0.15) is 18.2 Å². The number of nitrogens with zero attached hydrogens (tertiary/aromatic N) is 2. The fraction of sp³-hybridized carbons (Fsp3) is 0.333. The van der Waals surface area contributed by atoms with Crippen molar-refractivity contribution in [1.82, 2.24) is 14.7 Å². The van der Waals surface area contributed by atoms with Gasteiger partial charge in [-0.1, -0.05) is 6.92 Å². The lowest BCUT2D eigenvalue weighted by molar-refractivity contribution is 0.581. The molecule has 0 unspecified atom stereocenters. The maximum atomic E-state index is 12.1. The Morgan fingerprint density at radius 2 is 2.05 bits per heavy atom. The summed E-state index contributed by atoms with van der Waals surface area (Å²) in [6.45, 7) is 3.02. The average Bonchev–Trinajstić information content (AvgIpc) is 2.89. The molecule has 0 aliphatic carbocycles. The van der Waals surface area contributed by atoms with Crippen LogP contribution in [0.4, 0.5) is 5.95 Å². The van der Waals surface area contributed by atoms with E-state index in [2.05, 4.69) is 35.9 Å². The summed E-state index contributed by atoms with van der Waals surface area (Å²) < 4.78 is 27.7. The van der Waals surface area contributed by atoms with Crippen LogP contribution in [0, 0.1) is 0 Å². The lowest BCUT2D eigenvalue weighted by atomic mass is 10.5. The molecule has 2 heterocycles. The van der Waals surface area contributed by atoms with Gasteiger partial charge in [-0.05, 0) is 28.4 Å². The first-order valence-corrected chi connectivity index (χ1v) is 9.45. The van der Waals surface area contributed by atoms with Crippen molar-refractivity contribution >= 4 is 43.2 Å². The molecule has 0 spiro atoms. The zero-order valence-electron chi connectivity index (χ0n) is 11.3. The number of halogens is 1. The molecule has 0 bridgehead atoms. The highest BCUT2D eigenvalue weighted by Crippen LogP contribution is 2.20. The van der Waals surface area contributed by atoms with Gasteiger partial charge in [-0.15, -0.1) is 11.3 Å². The molecule has 0 saturated carbocycles. The Labute approximate surface area is 136 Å². The Bertz CT molecular complexity index is 686. The molecule has 0 radical (unpaired) electrons. The van der Waals surface area contributed by atoms with Crippen LogP contribution in [0.5, 0.6) is 0 Å². The SMILES string of the molecule is CCCNc1ncc(S(=O)(=O)NCc2cc(Br)cs2)cn1. The third-order valence-electron chi connectivity index (χ3n) is 2.53. The van der Waals surface area contributed by atoms with Crippen LogP contribution >= 0.6 is 27.3 Å². The predicted octanol–water partition coefficient (Wildman–Crippen LogP) is 2.60. The smallest absolute Gasteiger partial charge is 0.243 e. The molecule has 9 heteroatoms. The van der Waals surface area contributed by atoms with Crippen molar-refractivity contribution in [3.63, 3.8) is 0 Å². The molecular formula is C12H15BrN4O2S2. The highest BCUT2D eigenvalue weighted by Gasteiger charge is 2.15. The van der Waals surface area contributed by atoms with Crippen LogP contribution in [-0.2, 0) is 16.6 Å². The highest BCUT2D eigenvalue weighted by atomic mass is 79.9. The minimum Gasteiger partial charge on any atom is -0.354 e.